The number of hydrogen-bond donors (Lipinski definition) is 1. The first-order valence-corrected chi connectivity index (χ1v) is 7.72. The lowest BCUT2D eigenvalue weighted by Crippen LogP contribution is -2.27. The second-order valence-corrected chi connectivity index (χ2v) is 6.98. The minimum atomic E-state index is -0.577. The summed E-state index contributed by atoms with van der Waals surface area (Å²) in [7, 11) is 0. The summed E-state index contributed by atoms with van der Waals surface area (Å²) in [6.45, 7) is 5.34. The van der Waals surface area contributed by atoms with Crippen molar-refractivity contribution in [1.29, 1.82) is 5.26 Å². The fraction of sp³-hybridized carbons (Fsp3) is 0.312. The van der Waals surface area contributed by atoms with E-state index in [0.717, 1.165) is 10.4 Å². The van der Waals surface area contributed by atoms with E-state index in [1.54, 1.807) is 33.0 Å². The molecule has 0 saturated carbocycles. The smallest absolute Gasteiger partial charge is 0.413 e. The van der Waals surface area contributed by atoms with Crippen molar-refractivity contribution in [3.8, 4) is 6.07 Å². The number of rotatable bonds is 3. The van der Waals surface area contributed by atoms with Gasteiger partial charge in [-0.05, 0) is 38.5 Å². The zero-order valence-electron chi connectivity index (χ0n) is 13.0. The standard InChI is InChI=1S/C16H16FN3O2S/c1-16(2,3)22-15(21)20-14-19-9-12(23-14)7-10-4-5-13(17)11(6-10)8-18/h4-6,9H,7H2,1-3H3,(H,19,20,21). The molecule has 2 rings (SSSR count). The van der Waals surface area contributed by atoms with Crippen molar-refractivity contribution in [2.75, 3.05) is 5.32 Å². The van der Waals surface area contributed by atoms with Gasteiger partial charge in [0.05, 0.1) is 5.56 Å². The quantitative estimate of drug-likeness (QED) is 0.918. The molecule has 0 aliphatic heterocycles. The maximum atomic E-state index is 13.3. The lowest BCUT2D eigenvalue weighted by atomic mass is 10.1. The van der Waals surface area contributed by atoms with Crippen molar-refractivity contribution >= 4 is 22.6 Å². The van der Waals surface area contributed by atoms with Gasteiger partial charge < -0.3 is 4.74 Å². The van der Waals surface area contributed by atoms with Crippen LogP contribution in [0.2, 0.25) is 0 Å². The van der Waals surface area contributed by atoms with Crippen LogP contribution in [0, 0.1) is 17.1 Å². The minimum absolute atomic E-state index is 0.0131. The molecule has 0 spiro atoms. The summed E-state index contributed by atoms with van der Waals surface area (Å²) >= 11 is 1.30. The van der Waals surface area contributed by atoms with Gasteiger partial charge in [0.25, 0.3) is 0 Å². The van der Waals surface area contributed by atoms with Gasteiger partial charge in [-0.15, -0.1) is 11.3 Å². The van der Waals surface area contributed by atoms with E-state index >= 15 is 0 Å². The third-order valence-electron chi connectivity index (χ3n) is 2.69. The molecule has 0 bridgehead atoms. The van der Waals surface area contributed by atoms with Gasteiger partial charge in [-0.1, -0.05) is 6.07 Å². The summed E-state index contributed by atoms with van der Waals surface area (Å²) in [5.41, 5.74) is 0.237. The maximum Gasteiger partial charge on any atom is 0.413 e. The number of benzene rings is 1. The Kier molecular flexibility index (Phi) is 4.96. The zero-order valence-corrected chi connectivity index (χ0v) is 13.8. The summed E-state index contributed by atoms with van der Waals surface area (Å²) in [6, 6.07) is 6.22. The van der Waals surface area contributed by atoms with Crippen LogP contribution in [0.4, 0.5) is 14.3 Å². The number of hydrogen-bond acceptors (Lipinski definition) is 5. The highest BCUT2D eigenvalue weighted by Gasteiger charge is 2.17. The van der Waals surface area contributed by atoms with E-state index in [4.69, 9.17) is 10.00 Å². The summed E-state index contributed by atoms with van der Waals surface area (Å²) in [5.74, 6) is -0.534. The average molecular weight is 333 g/mol. The largest absolute Gasteiger partial charge is 0.444 e. The summed E-state index contributed by atoms with van der Waals surface area (Å²) in [5, 5.41) is 11.8. The highest BCUT2D eigenvalue weighted by molar-refractivity contribution is 7.15. The van der Waals surface area contributed by atoms with Gasteiger partial charge in [0.15, 0.2) is 5.13 Å². The second-order valence-electron chi connectivity index (χ2n) is 5.86. The predicted molar refractivity (Wildman–Crippen MR) is 85.9 cm³/mol. The van der Waals surface area contributed by atoms with E-state index in [0.29, 0.717) is 11.6 Å². The minimum Gasteiger partial charge on any atom is -0.444 e. The van der Waals surface area contributed by atoms with Crippen LogP contribution < -0.4 is 5.32 Å². The summed E-state index contributed by atoms with van der Waals surface area (Å²) in [4.78, 5) is 16.7. The molecule has 0 saturated heterocycles. The van der Waals surface area contributed by atoms with Crippen LogP contribution in [0.15, 0.2) is 24.4 Å². The molecule has 0 fully saturated rings. The number of carbonyl (C=O) groups is 1. The van der Waals surface area contributed by atoms with Crippen LogP contribution in [0.5, 0.6) is 0 Å². The Balaban J connectivity index is 2.03. The fourth-order valence-electron chi connectivity index (χ4n) is 1.81. The molecule has 1 aromatic carbocycles. The van der Waals surface area contributed by atoms with E-state index in [1.807, 2.05) is 6.07 Å². The van der Waals surface area contributed by atoms with Crippen LogP contribution in [0.1, 0.15) is 36.8 Å². The van der Waals surface area contributed by atoms with E-state index in [9.17, 15) is 9.18 Å². The molecule has 1 N–H and O–H groups in total. The molecule has 7 heteroatoms. The molecule has 120 valence electrons. The molecule has 0 atom stereocenters. The third-order valence-corrected chi connectivity index (χ3v) is 3.60. The highest BCUT2D eigenvalue weighted by atomic mass is 32.1. The number of nitriles is 1. The number of nitrogens with one attached hydrogen (secondary N) is 1. The van der Waals surface area contributed by atoms with Crippen molar-refractivity contribution in [1.82, 2.24) is 4.98 Å². The molecule has 1 heterocycles. The molecular weight excluding hydrogens is 317 g/mol. The number of halogens is 1. The van der Waals surface area contributed by atoms with Gasteiger partial charge >= 0.3 is 6.09 Å². The Morgan fingerprint density at radius 1 is 1.48 bits per heavy atom. The lowest BCUT2D eigenvalue weighted by Gasteiger charge is -2.18. The van der Waals surface area contributed by atoms with Gasteiger partial charge in [0.1, 0.15) is 17.5 Å². The summed E-state index contributed by atoms with van der Waals surface area (Å²) < 4.78 is 18.4. The molecular formula is C16H16FN3O2S. The number of nitrogens with zero attached hydrogens (tertiary/aromatic N) is 2. The lowest BCUT2D eigenvalue weighted by molar-refractivity contribution is 0.0636. The van der Waals surface area contributed by atoms with Crippen molar-refractivity contribution in [3.63, 3.8) is 0 Å². The van der Waals surface area contributed by atoms with E-state index in [-0.39, 0.29) is 5.56 Å². The molecule has 2 aromatic rings. The number of aromatic nitrogens is 1. The number of ether oxygens (including phenoxy) is 1. The maximum absolute atomic E-state index is 13.3. The first kappa shape index (κ1) is 16.9. The molecule has 0 unspecified atom stereocenters. The van der Waals surface area contributed by atoms with Crippen LogP contribution in [-0.2, 0) is 11.2 Å². The Hall–Kier alpha value is -2.46. The van der Waals surface area contributed by atoms with Crippen LogP contribution in [0.25, 0.3) is 0 Å². The fourth-order valence-corrected chi connectivity index (χ4v) is 2.64. The van der Waals surface area contributed by atoms with Crippen LogP contribution >= 0.6 is 11.3 Å². The first-order chi connectivity index (χ1) is 10.8. The van der Waals surface area contributed by atoms with E-state index in [2.05, 4.69) is 10.3 Å². The van der Waals surface area contributed by atoms with Gasteiger partial charge in [0, 0.05) is 17.5 Å². The van der Waals surface area contributed by atoms with Crippen molar-refractivity contribution < 1.29 is 13.9 Å². The van der Waals surface area contributed by atoms with Gasteiger partial charge in [-0.2, -0.15) is 5.26 Å². The van der Waals surface area contributed by atoms with Crippen molar-refractivity contribution in [2.45, 2.75) is 32.8 Å². The Bertz CT molecular complexity index is 759. The predicted octanol–water partition coefficient (Wildman–Crippen LogP) is 4.09. The molecule has 0 aliphatic carbocycles. The molecule has 1 amide bonds. The molecule has 1 aromatic heterocycles. The molecule has 0 aliphatic rings. The summed E-state index contributed by atoms with van der Waals surface area (Å²) in [6.07, 6.45) is 1.57. The van der Waals surface area contributed by atoms with Crippen molar-refractivity contribution in [2.24, 2.45) is 0 Å². The molecule has 5 nitrogen and oxygen atoms in total. The SMILES string of the molecule is CC(C)(C)OC(=O)Nc1ncc(Cc2ccc(F)c(C#N)c2)s1. The van der Waals surface area contributed by atoms with Crippen LogP contribution in [0.3, 0.4) is 0 Å². The van der Waals surface area contributed by atoms with E-state index in [1.165, 1.54) is 23.5 Å². The monoisotopic (exact) mass is 333 g/mol. The number of carbonyl (C=O) groups excluding carboxylic acids is 1. The van der Waals surface area contributed by atoms with Crippen molar-refractivity contribution in [3.05, 3.63) is 46.2 Å². The second kappa shape index (κ2) is 6.75. The van der Waals surface area contributed by atoms with Gasteiger partial charge in [-0.3, -0.25) is 5.32 Å². The van der Waals surface area contributed by atoms with E-state index < -0.39 is 17.5 Å². The van der Waals surface area contributed by atoms with Gasteiger partial charge in [0.2, 0.25) is 0 Å². The number of anilines is 1. The zero-order chi connectivity index (χ0) is 17.0. The first-order valence-electron chi connectivity index (χ1n) is 6.90. The normalized spacial score (nSPS) is 10.9. The third kappa shape index (κ3) is 5.04. The number of amides is 1. The van der Waals surface area contributed by atoms with Crippen LogP contribution in [-0.4, -0.2) is 16.7 Å². The average Bonchev–Trinajstić information content (AvgIpc) is 2.85. The highest BCUT2D eigenvalue weighted by Crippen LogP contribution is 2.22. The number of thiazole rings is 1. The Labute approximate surface area is 137 Å². The molecule has 0 radical (unpaired) electrons. The van der Waals surface area contributed by atoms with Gasteiger partial charge in [-0.25, -0.2) is 14.2 Å². The molecule has 23 heavy (non-hydrogen) atoms. The topological polar surface area (TPSA) is 75.0 Å². The Morgan fingerprint density at radius 3 is 2.87 bits per heavy atom. The Morgan fingerprint density at radius 2 is 2.22 bits per heavy atom.